The lowest BCUT2D eigenvalue weighted by Crippen LogP contribution is -2.26. The number of carbonyl (C=O) groups is 1. The summed E-state index contributed by atoms with van der Waals surface area (Å²) in [7, 11) is 3.72. The summed E-state index contributed by atoms with van der Waals surface area (Å²) < 4.78 is 6.14. The van der Waals surface area contributed by atoms with E-state index in [1.54, 1.807) is 6.20 Å². The van der Waals surface area contributed by atoms with Gasteiger partial charge in [-0.05, 0) is 42.8 Å². The molecule has 0 saturated heterocycles. The van der Waals surface area contributed by atoms with E-state index in [4.69, 9.17) is 4.74 Å². The first-order chi connectivity index (χ1) is 7.70. The number of ether oxygens (including phenoxy) is 1. The molecule has 0 unspecified atom stereocenters. The largest absolute Gasteiger partial charge is 0.455 e. The topological polar surface area (TPSA) is 42.4 Å². The zero-order valence-corrected chi connectivity index (χ0v) is 12.3. The van der Waals surface area contributed by atoms with E-state index in [0.29, 0.717) is 5.69 Å². The van der Waals surface area contributed by atoms with Gasteiger partial charge in [-0.25, -0.2) is 9.78 Å². The summed E-state index contributed by atoms with van der Waals surface area (Å²) in [6.45, 7) is 5.50. The van der Waals surface area contributed by atoms with Crippen molar-refractivity contribution in [3.8, 4) is 0 Å². The number of esters is 1. The minimum Gasteiger partial charge on any atom is -0.455 e. The lowest BCUT2D eigenvalue weighted by atomic mass is 10.2. The van der Waals surface area contributed by atoms with E-state index < -0.39 is 11.6 Å². The molecule has 0 amide bonds. The van der Waals surface area contributed by atoms with Gasteiger partial charge in [0.05, 0.1) is 5.69 Å². The van der Waals surface area contributed by atoms with Gasteiger partial charge in [0.15, 0.2) is 5.69 Å². The fraction of sp³-hybridized carbons (Fsp3) is 0.500. The predicted molar refractivity (Wildman–Crippen MR) is 71.4 cm³/mol. The van der Waals surface area contributed by atoms with Gasteiger partial charge in [-0.15, -0.1) is 0 Å². The van der Waals surface area contributed by atoms with Gasteiger partial charge >= 0.3 is 5.97 Å². The first kappa shape index (κ1) is 14.0. The standard InChI is InChI=1S/C12H17BrN2O2/c1-12(2,3)17-11(16)10-9(15(4)5)6-8(13)7-14-10/h6-7H,1-5H3. The Kier molecular flexibility index (Phi) is 4.14. The van der Waals surface area contributed by atoms with Crippen molar-refractivity contribution >= 4 is 27.6 Å². The smallest absolute Gasteiger partial charge is 0.359 e. The molecule has 5 heteroatoms. The highest BCUT2D eigenvalue weighted by Crippen LogP contribution is 2.23. The van der Waals surface area contributed by atoms with Gasteiger partial charge in [-0.2, -0.15) is 0 Å². The molecule has 4 nitrogen and oxygen atoms in total. The van der Waals surface area contributed by atoms with Gasteiger partial charge < -0.3 is 9.64 Å². The Morgan fingerprint density at radius 1 is 1.41 bits per heavy atom. The maximum Gasteiger partial charge on any atom is 0.359 e. The fourth-order valence-electron chi connectivity index (χ4n) is 1.25. The first-order valence-electron chi connectivity index (χ1n) is 5.27. The number of pyridine rings is 1. The quantitative estimate of drug-likeness (QED) is 0.788. The third-order valence-corrected chi connectivity index (χ3v) is 2.34. The van der Waals surface area contributed by atoms with Gasteiger partial charge in [0, 0.05) is 24.8 Å². The highest BCUT2D eigenvalue weighted by Gasteiger charge is 2.22. The molecule has 0 saturated carbocycles. The minimum absolute atomic E-state index is 0.327. The summed E-state index contributed by atoms with van der Waals surface area (Å²) in [6.07, 6.45) is 1.59. The fourth-order valence-corrected chi connectivity index (χ4v) is 1.57. The van der Waals surface area contributed by atoms with Crippen LogP contribution in [0.25, 0.3) is 0 Å². The molecule has 0 aliphatic rings. The van der Waals surface area contributed by atoms with E-state index in [9.17, 15) is 4.79 Å². The number of rotatable bonds is 2. The molecule has 0 aromatic carbocycles. The maximum absolute atomic E-state index is 12.0. The van der Waals surface area contributed by atoms with Gasteiger partial charge in [-0.3, -0.25) is 0 Å². The van der Waals surface area contributed by atoms with Crippen molar-refractivity contribution in [3.63, 3.8) is 0 Å². The van der Waals surface area contributed by atoms with Gasteiger partial charge in [0.1, 0.15) is 5.60 Å². The normalized spacial score (nSPS) is 11.2. The second-order valence-electron chi connectivity index (χ2n) is 4.92. The molecular formula is C12H17BrN2O2. The summed E-state index contributed by atoms with van der Waals surface area (Å²) in [4.78, 5) is 17.9. The van der Waals surface area contributed by atoms with Crippen LogP contribution >= 0.6 is 15.9 Å². The van der Waals surface area contributed by atoms with Gasteiger partial charge in [0.2, 0.25) is 0 Å². The molecule has 17 heavy (non-hydrogen) atoms. The maximum atomic E-state index is 12.0. The minimum atomic E-state index is -0.518. The second-order valence-corrected chi connectivity index (χ2v) is 5.83. The first-order valence-corrected chi connectivity index (χ1v) is 6.06. The van der Waals surface area contributed by atoms with Crippen molar-refractivity contribution in [1.82, 2.24) is 4.98 Å². The lowest BCUT2D eigenvalue weighted by Gasteiger charge is -2.21. The number of halogens is 1. The van der Waals surface area contributed by atoms with Crippen LogP contribution in [0.5, 0.6) is 0 Å². The summed E-state index contributed by atoms with van der Waals surface area (Å²) in [5, 5.41) is 0. The average molecular weight is 301 g/mol. The molecule has 1 heterocycles. The monoisotopic (exact) mass is 300 g/mol. The SMILES string of the molecule is CN(C)c1cc(Br)cnc1C(=O)OC(C)(C)C. The molecule has 0 bridgehead atoms. The summed E-state index contributed by atoms with van der Waals surface area (Å²) in [6, 6.07) is 1.84. The molecule has 0 N–H and O–H groups in total. The molecule has 0 radical (unpaired) electrons. The van der Waals surface area contributed by atoms with Gasteiger partial charge in [-0.1, -0.05) is 0 Å². The Morgan fingerprint density at radius 3 is 2.47 bits per heavy atom. The Labute approximate surface area is 110 Å². The number of anilines is 1. The summed E-state index contributed by atoms with van der Waals surface area (Å²) >= 11 is 3.33. The van der Waals surface area contributed by atoms with Crippen molar-refractivity contribution in [2.45, 2.75) is 26.4 Å². The number of hydrogen-bond acceptors (Lipinski definition) is 4. The van der Waals surface area contributed by atoms with Crippen molar-refractivity contribution in [2.24, 2.45) is 0 Å². The Morgan fingerprint density at radius 2 is 2.00 bits per heavy atom. The van der Waals surface area contributed by atoms with E-state index in [-0.39, 0.29) is 0 Å². The highest BCUT2D eigenvalue weighted by molar-refractivity contribution is 9.10. The molecule has 1 rings (SSSR count). The molecule has 0 atom stereocenters. The van der Waals surface area contributed by atoms with Crippen LogP contribution < -0.4 is 4.90 Å². The number of hydrogen-bond donors (Lipinski definition) is 0. The summed E-state index contributed by atoms with van der Waals surface area (Å²) in [5.41, 5.74) is 0.539. The molecule has 1 aromatic rings. The Hall–Kier alpha value is -1.10. The third kappa shape index (κ3) is 4.00. The van der Waals surface area contributed by atoms with Crippen molar-refractivity contribution < 1.29 is 9.53 Å². The molecule has 0 spiro atoms. The van der Waals surface area contributed by atoms with Crippen molar-refractivity contribution in [2.75, 3.05) is 19.0 Å². The average Bonchev–Trinajstić information content (AvgIpc) is 2.14. The van der Waals surface area contributed by atoms with Crippen LogP contribution in [0.3, 0.4) is 0 Å². The van der Waals surface area contributed by atoms with E-state index in [1.807, 2.05) is 45.8 Å². The van der Waals surface area contributed by atoms with Crippen LogP contribution in [-0.4, -0.2) is 30.6 Å². The van der Waals surface area contributed by atoms with Gasteiger partial charge in [0.25, 0.3) is 0 Å². The molecule has 94 valence electrons. The zero-order chi connectivity index (χ0) is 13.2. The van der Waals surface area contributed by atoms with E-state index in [2.05, 4.69) is 20.9 Å². The van der Waals surface area contributed by atoms with Crippen molar-refractivity contribution in [3.05, 3.63) is 22.4 Å². The Balaban J connectivity index is 3.09. The molecule has 0 aliphatic heterocycles. The molecule has 1 aromatic heterocycles. The lowest BCUT2D eigenvalue weighted by molar-refractivity contribution is 0.00637. The van der Waals surface area contributed by atoms with E-state index in [1.165, 1.54) is 0 Å². The number of carbonyl (C=O) groups excluding carboxylic acids is 1. The van der Waals surface area contributed by atoms with Crippen LogP contribution in [0, 0.1) is 0 Å². The number of nitrogens with zero attached hydrogens (tertiary/aromatic N) is 2. The molecule has 0 aliphatic carbocycles. The van der Waals surface area contributed by atoms with Crippen LogP contribution in [0.4, 0.5) is 5.69 Å². The van der Waals surface area contributed by atoms with Crippen LogP contribution in [0.1, 0.15) is 31.3 Å². The molecule has 0 fully saturated rings. The highest BCUT2D eigenvalue weighted by atomic mass is 79.9. The number of aromatic nitrogens is 1. The van der Waals surface area contributed by atoms with Crippen LogP contribution in [0.15, 0.2) is 16.7 Å². The third-order valence-electron chi connectivity index (χ3n) is 1.91. The van der Waals surface area contributed by atoms with Crippen molar-refractivity contribution in [1.29, 1.82) is 0 Å². The van der Waals surface area contributed by atoms with Crippen LogP contribution in [0.2, 0.25) is 0 Å². The Bertz CT molecular complexity index is 425. The molecular weight excluding hydrogens is 284 g/mol. The predicted octanol–water partition coefficient (Wildman–Crippen LogP) is 2.87. The zero-order valence-electron chi connectivity index (χ0n) is 10.7. The second kappa shape index (κ2) is 5.04. The summed E-state index contributed by atoms with van der Waals surface area (Å²) in [5.74, 6) is -0.409. The van der Waals surface area contributed by atoms with E-state index >= 15 is 0 Å². The van der Waals surface area contributed by atoms with E-state index in [0.717, 1.165) is 10.2 Å². The van der Waals surface area contributed by atoms with Crippen LogP contribution in [-0.2, 0) is 4.74 Å².